The first-order valence-corrected chi connectivity index (χ1v) is 16.3. The highest BCUT2D eigenvalue weighted by Gasteiger charge is 2.17. The quantitative estimate of drug-likeness (QED) is 0.0976. The fourth-order valence-electron chi connectivity index (χ4n) is 4.57. The van der Waals surface area contributed by atoms with E-state index in [9.17, 15) is 14.4 Å². The number of halogens is 1. The molecule has 47 heavy (non-hydrogen) atoms. The number of nitrogens with one attached hydrogen (secondary N) is 3. The fourth-order valence-corrected chi connectivity index (χ4v) is 5.56. The van der Waals surface area contributed by atoms with E-state index in [1.807, 2.05) is 60.7 Å². The SMILES string of the molecule is O=C(CSc1ccc(NC(=O)/C(=C/c2ccc(-c3ccc(Br)cc3)o2)NC(=O)c2ccccc2)cc1)NCc1ccc2c(c1)OCO2. The van der Waals surface area contributed by atoms with Gasteiger partial charge in [0.15, 0.2) is 11.5 Å². The van der Waals surface area contributed by atoms with Crippen LogP contribution in [0.15, 0.2) is 129 Å². The molecule has 3 N–H and O–H groups in total. The monoisotopic (exact) mass is 709 g/mol. The number of anilines is 1. The number of hydrogen-bond donors (Lipinski definition) is 3. The summed E-state index contributed by atoms with van der Waals surface area (Å²) >= 11 is 4.80. The van der Waals surface area contributed by atoms with Crippen molar-refractivity contribution >= 4 is 57.2 Å². The van der Waals surface area contributed by atoms with Gasteiger partial charge in [0.05, 0.1) is 5.75 Å². The summed E-state index contributed by atoms with van der Waals surface area (Å²) < 4.78 is 17.6. The van der Waals surface area contributed by atoms with Crippen LogP contribution in [0.1, 0.15) is 21.7 Å². The Morgan fingerprint density at radius 2 is 1.60 bits per heavy atom. The molecule has 6 rings (SSSR count). The molecule has 0 saturated heterocycles. The standard InChI is InChI=1S/C36H28BrN3O6S/c37-26-9-7-24(8-10-26)31-17-13-28(46-31)19-30(40-35(42)25-4-2-1-3-5-25)36(43)39-27-11-14-29(15-12-27)47-21-34(41)38-20-23-6-16-32-33(18-23)45-22-44-32/h1-19H,20-22H2,(H,38,41)(H,39,43)(H,40,42)/b30-19-. The van der Waals surface area contributed by atoms with Crippen LogP contribution in [0.3, 0.4) is 0 Å². The first kappa shape index (κ1) is 31.7. The maximum atomic E-state index is 13.4. The number of fused-ring (bicyclic) bond motifs is 1. The van der Waals surface area contributed by atoms with Gasteiger partial charge >= 0.3 is 0 Å². The normalized spacial score (nSPS) is 12.0. The van der Waals surface area contributed by atoms with Crippen molar-refractivity contribution in [2.24, 2.45) is 0 Å². The first-order chi connectivity index (χ1) is 22.9. The van der Waals surface area contributed by atoms with Crippen LogP contribution in [0.25, 0.3) is 17.4 Å². The molecular weight excluding hydrogens is 682 g/mol. The second-order valence-electron chi connectivity index (χ2n) is 10.3. The molecule has 0 fully saturated rings. The van der Waals surface area contributed by atoms with Crippen LogP contribution >= 0.6 is 27.7 Å². The van der Waals surface area contributed by atoms with Crippen LogP contribution in [0, 0.1) is 0 Å². The minimum Gasteiger partial charge on any atom is -0.457 e. The summed E-state index contributed by atoms with van der Waals surface area (Å²) in [6.07, 6.45) is 1.49. The number of thioether (sulfide) groups is 1. The molecule has 0 radical (unpaired) electrons. The van der Waals surface area contributed by atoms with Crippen molar-refractivity contribution in [1.29, 1.82) is 0 Å². The molecule has 2 heterocycles. The van der Waals surface area contributed by atoms with Gasteiger partial charge in [-0.3, -0.25) is 14.4 Å². The van der Waals surface area contributed by atoms with E-state index in [4.69, 9.17) is 13.9 Å². The predicted octanol–water partition coefficient (Wildman–Crippen LogP) is 7.26. The number of amides is 3. The van der Waals surface area contributed by atoms with Crippen LogP contribution in [-0.4, -0.2) is 30.3 Å². The van der Waals surface area contributed by atoms with Gasteiger partial charge in [-0.1, -0.05) is 52.3 Å². The Kier molecular flexibility index (Phi) is 10.0. The Bertz CT molecular complexity index is 1920. The van der Waals surface area contributed by atoms with Crippen LogP contribution in [0.2, 0.25) is 0 Å². The number of carbonyl (C=O) groups is 3. The van der Waals surface area contributed by atoms with Gasteiger partial charge < -0.3 is 29.8 Å². The highest BCUT2D eigenvalue weighted by Crippen LogP contribution is 2.32. The maximum absolute atomic E-state index is 13.4. The van der Waals surface area contributed by atoms with E-state index in [-0.39, 0.29) is 24.2 Å². The van der Waals surface area contributed by atoms with E-state index in [1.165, 1.54) is 17.8 Å². The average Bonchev–Trinajstić information content (AvgIpc) is 3.77. The molecule has 0 aliphatic carbocycles. The van der Waals surface area contributed by atoms with Crippen molar-refractivity contribution in [3.05, 3.63) is 136 Å². The lowest BCUT2D eigenvalue weighted by Gasteiger charge is -2.11. The molecule has 1 aliphatic rings. The van der Waals surface area contributed by atoms with Crippen molar-refractivity contribution in [2.75, 3.05) is 17.9 Å². The Balaban J connectivity index is 1.08. The zero-order valence-electron chi connectivity index (χ0n) is 24.8. The van der Waals surface area contributed by atoms with Crippen molar-refractivity contribution in [3.8, 4) is 22.8 Å². The zero-order chi connectivity index (χ0) is 32.6. The van der Waals surface area contributed by atoms with Gasteiger partial charge in [0.25, 0.3) is 11.8 Å². The number of hydrogen-bond acceptors (Lipinski definition) is 7. The van der Waals surface area contributed by atoms with E-state index >= 15 is 0 Å². The first-order valence-electron chi connectivity index (χ1n) is 14.5. The van der Waals surface area contributed by atoms with E-state index in [0.717, 1.165) is 20.5 Å². The van der Waals surface area contributed by atoms with Gasteiger partial charge in [-0.25, -0.2) is 0 Å². The molecule has 0 unspecified atom stereocenters. The third-order valence-corrected chi connectivity index (χ3v) is 8.52. The Morgan fingerprint density at radius 3 is 2.38 bits per heavy atom. The summed E-state index contributed by atoms with van der Waals surface area (Å²) in [6.45, 7) is 0.577. The average molecular weight is 711 g/mol. The van der Waals surface area contributed by atoms with Gasteiger partial charge in [0.1, 0.15) is 17.2 Å². The van der Waals surface area contributed by atoms with Crippen LogP contribution in [0.5, 0.6) is 11.5 Å². The lowest BCUT2D eigenvalue weighted by Crippen LogP contribution is -2.30. The smallest absolute Gasteiger partial charge is 0.272 e. The number of benzene rings is 4. The van der Waals surface area contributed by atoms with Crippen molar-refractivity contribution in [2.45, 2.75) is 11.4 Å². The second-order valence-corrected chi connectivity index (χ2v) is 12.3. The molecule has 236 valence electrons. The summed E-state index contributed by atoms with van der Waals surface area (Å²) in [5.74, 6) is 1.52. The molecular formula is C36H28BrN3O6S. The molecule has 5 aromatic rings. The Labute approximate surface area is 283 Å². The maximum Gasteiger partial charge on any atom is 0.272 e. The van der Waals surface area contributed by atoms with E-state index in [2.05, 4.69) is 31.9 Å². The molecule has 4 aromatic carbocycles. The highest BCUT2D eigenvalue weighted by atomic mass is 79.9. The lowest BCUT2D eigenvalue weighted by molar-refractivity contribution is -0.118. The number of carbonyl (C=O) groups excluding carboxylic acids is 3. The highest BCUT2D eigenvalue weighted by molar-refractivity contribution is 9.10. The Hall–Kier alpha value is -5.26. The topological polar surface area (TPSA) is 119 Å². The van der Waals surface area contributed by atoms with Crippen molar-refractivity contribution < 1.29 is 28.3 Å². The third-order valence-electron chi connectivity index (χ3n) is 6.98. The van der Waals surface area contributed by atoms with Gasteiger partial charge in [-0.05, 0) is 78.4 Å². The summed E-state index contributed by atoms with van der Waals surface area (Å²) in [5.41, 5.74) is 2.71. The minimum atomic E-state index is -0.529. The molecule has 11 heteroatoms. The number of ether oxygens (including phenoxy) is 2. The number of furan rings is 1. The molecule has 1 aromatic heterocycles. The van der Waals surface area contributed by atoms with E-state index < -0.39 is 11.8 Å². The molecule has 0 atom stereocenters. The van der Waals surface area contributed by atoms with E-state index in [0.29, 0.717) is 40.8 Å². The van der Waals surface area contributed by atoms with Crippen LogP contribution in [0.4, 0.5) is 5.69 Å². The van der Waals surface area contributed by atoms with Crippen LogP contribution in [-0.2, 0) is 16.1 Å². The minimum absolute atomic E-state index is 0.00754. The summed E-state index contributed by atoms with van der Waals surface area (Å²) in [5, 5.41) is 8.46. The third kappa shape index (κ3) is 8.51. The zero-order valence-corrected chi connectivity index (χ0v) is 27.2. The number of rotatable bonds is 11. The molecule has 0 saturated carbocycles. The van der Waals surface area contributed by atoms with Crippen molar-refractivity contribution in [1.82, 2.24) is 10.6 Å². The second kappa shape index (κ2) is 14.9. The molecule has 3 amide bonds. The Morgan fingerprint density at radius 1 is 0.830 bits per heavy atom. The van der Waals surface area contributed by atoms with Gasteiger partial charge in [0.2, 0.25) is 12.7 Å². The lowest BCUT2D eigenvalue weighted by atomic mass is 10.2. The van der Waals surface area contributed by atoms with Crippen LogP contribution < -0.4 is 25.4 Å². The summed E-state index contributed by atoms with van der Waals surface area (Å²) in [6, 6.07) is 32.5. The van der Waals surface area contributed by atoms with E-state index in [1.54, 1.807) is 48.5 Å². The summed E-state index contributed by atoms with van der Waals surface area (Å²) in [4.78, 5) is 39.7. The van der Waals surface area contributed by atoms with Crippen molar-refractivity contribution in [3.63, 3.8) is 0 Å². The largest absolute Gasteiger partial charge is 0.457 e. The van der Waals surface area contributed by atoms with Gasteiger partial charge in [-0.15, -0.1) is 11.8 Å². The molecule has 0 spiro atoms. The summed E-state index contributed by atoms with van der Waals surface area (Å²) in [7, 11) is 0. The van der Waals surface area contributed by atoms with Gasteiger partial charge in [0, 0.05) is 38.8 Å². The molecule has 9 nitrogen and oxygen atoms in total. The molecule has 1 aliphatic heterocycles. The predicted molar refractivity (Wildman–Crippen MR) is 184 cm³/mol. The van der Waals surface area contributed by atoms with Gasteiger partial charge in [-0.2, -0.15) is 0 Å². The fraction of sp³-hybridized carbons (Fsp3) is 0.0833. The molecule has 0 bridgehead atoms.